The summed E-state index contributed by atoms with van der Waals surface area (Å²) in [5.74, 6) is 1.68. The van der Waals surface area contributed by atoms with Crippen LogP contribution in [-0.4, -0.2) is 85.1 Å². The zero-order valence-corrected chi connectivity index (χ0v) is 25.4. The number of carboxylic acid groups (broad SMARTS) is 1. The zero-order valence-electron chi connectivity index (χ0n) is 23.7. The van der Waals surface area contributed by atoms with E-state index in [4.69, 9.17) is 9.90 Å². The van der Waals surface area contributed by atoms with Gasteiger partial charge in [-0.2, -0.15) is 11.8 Å². The van der Waals surface area contributed by atoms with Crippen molar-refractivity contribution in [3.8, 4) is 0 Å². The van der Waals surface area contributed by atoms with Gasteiger partial charge in [0.1, 0.15) is 0 Å². The summed E-state index contributed by atoms with van der Waals surface area (Å²) in [4.78, 5) is 22.0. The molecule has 1 amide bonds. The second-order valence-corrected chi connectivity index (χ2v) is 13.2. The number of carbonyl (C=O) groups excluding carboxylic acids is 1. The molecule has 1 aliphatic rings. The van der Waals surface area contributed by atoms with Crippen molar-refractivity contribution in [3.63, 3.8) is 0 Å². The molecule has 2 aromatic carbocycles. The second kappa shape index (κ2) is 15.2. The molecule has 0 fully saturated rings. The van der Waals surface area contributed by atoms with Crippen LogP contribution < -0.4 is 14.9 Å². The van der Waals surface area contributed by atoms with Crippen LogP contribution in [0.1, 0.15) is 35.3 Å². The fraction of sp³-hybridized carbons (Fsp3) is 0.448. The first-order chi connectivity index (χ1) is 19.7. The minimum atomic E-state index is -3.50. The molecular weight excluding hydrogens is 564 g/mol. The predicted molar refractivity (Wildman–Crippen MR) is 165 cm³/mol. The number of carbonyl (C=O) groups is 2. The third-order valence-electron chi connectivity index (χ3n) is 7.09. The molecule has 0 unspecified atom stereocenters. The van der Waals surface area contributed by atoms with Crippen molar-refractivity contribution in [1.82, 2.24) is 15.2 Å². The van der Waals surface area contributed by atoms with Crippen molar-refractivity contribution < 1.29 is 28.2 Å². The van der Waals surface area contributed by atoms with Crippen LogP contribution >= 0.6 is 11.8 Å². The van der Waals surface area contributed by atoms with E-state index in [0.717, 1.165) is 40.1 Å². The summed E-state index contributed by atoms with van der Waals surface area (Å²) >= 11 is 1.83. The maximum absolute atomic E-state index is 13.6. The number of rotatable bonds is 12. The van der Waals surface area contributed by atoms with Gasteiger partial charge in [0.05, 0.1) is 29.1 Å². The van der Waals surface area contributed by atoms with Crippen LogP contribution in [0.5, 0.6) is 0 Å². The number of nitrogens with one attached hydrogen (secondary N) is 2. The van der Waals surface area contributed by atoms with Gasteiger partial charge in [-0.25, -0.2) is 8.42 Å². The molecule has 0 spiro atoms. The van der Waals surface area contributed by atoms with E-state index >= 15 is 0 Å². The first kappa shape index (κ1) is 32.5. The highest BCUT2D eigenvalue weighted by molar-refractivity contribution is 7.99. The van der Waals surface area contributed by atoms with Gasteiger partial charge in [-0.1, -0.05) is 37.3 Å². The highest BCUT2D eigenvalue weighted by atomic mass is 32.2. The van der Waals surface area contributed by atoms with E-state index in [1.165, 1.54) is 4.31 Å². The van der Waals surface area contributed by atoms with E-state index in [2.05, 4.69) is 22.1 Å². The van der Waals surface area contributed by atoms with E-state index in [9.17, 15) is 18.3 Å². The Hall–Kier alpha value is -3.06. The van der Waals surface area contributed by atoms with Gasteiger partial charge < -0.3 is 25.4 Å². The molecule has 2 atom stereocenters. The molecule has 224 valence electrons. The number of benzene rings is 2. The Labute approximate surface area is 246 Å². The molecule has 0 saturated carbocycles. The van der Waals surface area contributed by atoms with E-state index in [1.54, 1.807) is 13.1 Å². The zero-order chi connectivity index (χ0) is 30.0. The van der Waals surface area contributed by atoms with Gasteiger partial charge in [0.2, 0.25) is 10.0 Å². The molecule has 4 rings (SSSR count). The van der Waals surface area contributed by atoms with E-state index in [-0.39, 0.29) is 18.1 Å². The van der Waals surface area contributed by atoms with E-state index in [0.29, 0.717) is 37.2 Å². The van der Waals surface area contributed by atoms with Crippen LogP contribution in [0.25, 0.3) is 10.9 Å². The fourth-order valence-corrected chi connectivity index (χ4v) is 6.70. The van der Waals surface area contributed by atoms with Gasteiger partial charge in [-0.15, -0.1) is 0 Å². The lowest BCUT2D eigenvalue weighted by Crippen LogP contribution is -2.49. The van der Waals surface area contributed by atoms with Crippen molar-refractivity contribution in [2.24, 2.45) is 0 Å². The topological polar surface area (TPSA) is 141 Å². The maximum Gasteiger partial charge on any atom is 0.290 e. The van der Waals surface area contributed by atoms with Crippen LogP contribution in [0.15, 0.2) is 48.7 Å². The van der Waals surface area contributed by atoms with Gasteiger partial charge >= 0.3 is 0 Å². The Morgan fingerprint density at radius 2 is 1.90 bits per heavy atom. The molecule has 1 aromatic heterocycles. The van der Waals surface area contributed by atoms with Gasteiger partial charge in [0.25, 0.3) is 12.4 Å². The maximum atomic E-state index is 13.6. The van der Waals surface area contributed by atoms with E-state index in [1.807, 2.05) is 61.3 Å². The number of nitrogens with zero attached hydrogens (tertiary/aromatic N) is 2. The largest absolute Gasteiger partial charge is 0.483 e. The minimum absolute atomic E-state index is 0.0254. The normalized spacial score (nSPS) is 15.4. The molecule has 0 bridgehead atoms. The fourth-order valence-electron chi connectivity index (χ4n) is 4.93. The van der Waals surface area contributed by atoms with Crippen molar-refractivity contribution in [2.45, 2.75) is 45.4 Å². The average Bonchev–Trinajstić information content (AvgIpc) is 3.29. The first-order valence-corrected chi connectivity index (χ1v) is 16.4. The number of hydrogen-bond donors (Lipinski definition) is 4. The van der Waals surface area contributed by atoms with Gasteiger partial charge in [0.15, 0.2) is 0 Å². The minimum Gasteiger partial charge on any atom is -0.483 e. The monoisotopic (exact) mass is 604 g/mol. The average molecular weight is 605 g/mol. The van der Waals surface area contributed by atoms with Crippen molar-refractivity contribution >= 4 is 50.8 Å². The molecule has 4 N–H and O–H groups in total. The molecule has 0 aliphatic carbocycles. The highest BCUT2D eigenvalue weighted by Crippen LogP contribution is 2.36. The highest BCUT2D eigenvalue weighted by Gasteiger charge is 2.29. The smallest absolute Gasteiger partial charge is 0.290 e. The Morgan fingerprint density at radius 3 is 2.56 bits per heavy atom. The molecule has 12 heteroatoms. The number of aryl methyl sites for hydroxylation is 2. The molecule has 3 aromatic rings. The quantitative estimate of drug-likeness (QED) is 0.183. The summed E-state index contributed by atoms with van der Waals surface area (Å²) in [5, 5.41) is 25.2. The molecule has 0 radical (unpaired) electrons. The van der Waals surface area contributed by atoms with Gasteiger partial charge in [-0.05, 0) is 48.8 Å². The first-order valence-electron chi connectivity index (χ1n) is 13.7. The molecule has 0 saturated heterocycles. The summed E-state index contributed by atoms with van der Waals surface area (Å²) in [5.41, 5.74) is 3.71. The van der Waals surface area contributed by atoms with Crippen molar-refractivity contribution in [1.29, 1.82) is 0 Å². The third kappa shape index (κ3) is 8.25. The molecule has 1 aliphatic heterocycles. The molecular formula is C29H40N4O6S2. The van der Waals surface area contributed by atoms with Crippen LogP contribution in [0.3, 0.4) is 0 Å². The van der Waals surface area contributed by atoms with Crippen LogP contribution in [0.2, 0.25) is 0 Å². The number of anilines is 1. The number of aliphatic hydroxyl groups is 1. The Morgan fingerprint density at radius 1 is 1.20 bits per heavy atom. The van der Waals surface area contributed by atoms with Crippen molar-refractivity contribution in [2.75, 3.05) is 41.7 Å². The van der Waals surface area contributed by atoms with Gasteiger partial charge in [-0.3, -0.25) is 13.9 Å². The van der Waals surface area contributed by atoms with Crippen LogP contribution in [0, 0.1) is 0 Å². The lowest BCUT2D eigenvalue weighted by molar-refractivity contribution is -0.122. The predicted octanol–water partition coefficient (Wildman–Crippen LogP) is 2.73. The number of amides is 1. The standard InChI is InChI=1S/C28H38N4O4S2.CH2O2/c1-4-32-19-21-11-14-38(35,36)31(3)24-16-22(17-25(32)27(21)24)28(34)30-23(15-20-9-7-6-8-10-20)26(33)18-29-12-13-37-5-2;2-1-3/h6-10,16-17,19,23,26,29,33H,4-5,11-15,18H2,1-3H3,(H,30,34);1H,(H,2,3)/t23-,26+;/m0./s1. The summed E-state index contributed by atoms with van der Waals surface area (Å²) in [6, 6.07) is 12.7. The Kier molecular flexibility index (Phi) is 12.1. The molecule has 41 heavy (non-hydrogen) atoms. The number of sulfonamides is 1. The van der Waals surface area contributed by atoms with Crippen LogP contribution in [0.4, 0.5) is 5.69 Å². The van der Waals surface area contributed by atoms with Crippen molar-refractivity contribution in [3.05, 3.63) is 65.4 Å². The number of aromatic nitrogens is 1. The van der Waals surface area contributed by atoms with Gasteiger partial charge in [0, 0.05) is 49.6 Å². The summed E-state index contributed by atoms with van der Waals surface area (Å²) in [7, 11) is -1.95. The van der Waals surface area contributed by atoms with Crippen LogP contribution in [-0.2, 0) is 34.2 Å². The third-order valence-corrected chi connectivity index (χ3v) is 9.74. The number of hydrogen-bond acceptors (Lipinski definition) is 7. The molecule has 2 heterocycles. The Bertz CT molecular complexity index is 1410. The Balaban J connectivity index is 0.00000147. The van der Waals surface area contributed by atoms with E-state index < -0.39 is 22.2 Å². The number of aliphatic hydroxyl groups excluding tert-OH is 1. The number of thioether (sulfide) groups is 1. The molecule has 10 nitrogen and oxygen atoms in total. The SMILES string of the molecule is CCSCCNC[C@@H](O)[C@H](Cc1ccccc1)NC(=O)c1cc2c3c(cn(CC)c3c1)CCS(=O)(=O)N2C.O=CO. The summed E-state index contributed by atoms with van der Waals surface area (Å²) in [6.45, 7) is 5.73. The summed E-state index contributed by atoms with van der Waals surface area (Å²) in [6.07, 6.45) is 2.10. The lowest BCUT2D eigenvalue weighted by Gasteiger charge is -2.25. The summed E-state index contributed by atoms with van der Waals surface area (Å²) < 4.78 is 29.1. The second-order valence-electron chi connectivity index (χ2n) is 9.71. The lowest BCUT2D eigenvalue weighted by atomic mass is 10.00.